The lowest BCUT2D eigenvalue weighted by atomic mass is 10.0. The Kier molecular flexibility index (Phi) is 7.35. The molecule has 0 saturated heterocycles. The molecule has 1 aliphatic heterocycles. The molecule has 8 nitrogen and oxygen atoms in total. The molecule has 0 bridgehead atoms. The number of carbonyl (C=O) groups is 3. The van der Waals surface area contributed by atoms with Gasteiger partial charge < -0.3 is 24.8 Å². The SMILES string of the molecule is Cc1ccc(C(=O)N[C@H](C(=O)OC(C)C(=O)NCc2ccc3c(c2)OCO3)C(C)C)cc1. The highest BCUT2D eigenvalue weighted by Gasteiger charge is 2.29. The Hall–Kier alpha value is -3.55. The molecule has 2 atom stereocenters. The monoisotopic (exact) mass is 440 g/mol. The van der Waals surface area contributed by atoms with Gasteiger partial charge in [0.25, 0.3) is 11.8 Å². The van der Waals surface area contributed by atoms with Crippen molar-refractivity contribution >= 4 is 17.8 Å². The zero-order valence-electron chi connectivity index (χ0n) is 18.6. The largest absolute Gasteiger partial charge is 0.454 e. The van der Waals surface area contributed by atoms with Crippen LogP contribution in [0.25, 0.3) is 0 Å². The highest BCUT2D eigenvalue weighted by atomic mass is 16.7. The third-order valence-electron chi connectivity index (χ3n) is 5.09. The Morgan fingerprint density at radius 1 is 1.00 bits per heavy atom. The molecule has 32 heavy (non-hydrogen) atoms. The van der Waals surface area contributed by atoms with Crippen LogP contribution in [0, 0.1) is 12.8 Å². The highest BCUT2D eigenvalue weighted by Crippen LogP contribution is 2.32. The Morgan fingerprint density at radius 2 is 1.69 bits per heavy atom. The maximum absolute atomic E-state index is 12.7. The van der Waals surface area contributed by atoms with Crippen LogP contribution in [-0.2, 0) is 20.9 Å². The number of benzene rings is 2. The Morgan fingerprint density at radius 3 is 2.38 bits per heavy atom. The maximum Gasteiger partial charge on any atom is 0.329 e. The van der Waals surface area contributed by atoms with E-state index >= 15 is 0 Å². The molecule has 2 N–H and O–H groups in total. The first-order valence-corrected chi connectivity index (χ1v) is 10.5. The fourth-order valence-electron chi connectivity index (χ4n) is 3.11. The average Bonchev–Trinajstić information content (AvgIpc) is 3.23. The van der Waals surface area contributed by atoms with Crippen LogP contribution in [0.2, 0.25) is 0 Å². The van der Waals surface area contributed by atoms with Crippen molar-refractivity contribution in [2.75, 3.05) is 6.79 Å². The molecule has 0 aliphatic carbocycles. The minimum atomic E-state index is -1.02. The van der Waals surface area contributed by atoms with E-state index in [1.807, 2.05) is 25.1 Å². The van der Waals surface area contributed by atoms with Gasteiger partial charge in [0.1, 0.15) is 6.04 Å². The van der Waals surface area contributed by atoms with Crippen molar-refractivity contribution in [2.45, 2.75) is 46.4 Å². The van der Waals surface area contributed by atoms with E-state index in [1.54, 1.807) is 38.1 Å². The predicted molar refractivity (Wildman–Crippen MR) is 117 cm³/mol. The average molecular weight is 440 g/mol. The zero-order chi connectivity index (χ0) is 23.3. The first-order chi connectivity index (χ1) is 15.2. The maximum atomic E-state index is 12.7. The van der Waals surface area contributed by atoms with Gasteiger partial charge in [-0.3, -0.25) is 9.59 Å². The zero-order valence-corrected chi connectivity index (χ0v) is 18.6. The molecule has 1 heterocycles. The number of ether oxygens (including phenoxy) is 3. The summed E-state index contributed by atoms with van der Waals surface area (Å²) in [5.41, 5.74) is 2.30. The third kappa shape index (κ3) is 5.78. The lowest BCUT2D eigenvalue weighted by Gasteiger charge is -2.23. The fraction of sp³-hybridized carbons (Fsp3) is 0.375. The van der Waals surface area contributed by atoms with E-state index in [0.29, 0.717) is 17.1 Å². The molecule has 1 aliphatic rings. The molecule has 0 radical (unpaired) electrons. The first-order valence-electron chi connectivity index (χ1n) is 10.5. The molecule has 8 heteroatoms. The van der Waals surface area contributed by atoms with Crippen molar-refractivity contribution in [1.29, 1.82) is 0 Å². The van der Waals surface area contributed by atoms with Crippen molar-refractivity contribution in [3.8, 4) is 11.5 Å². The van der Waals surface area contributed by atoms with Crippen LogP contribution in [0.5, 0.6) is 11.5 Å². The minimum Gasteiger partial charge on any atom is -0.454 e. The normalized spacial score (nSPS) is 13.9. The van der Waals surface area contributed by atoms with Gasteiger partial charge in [0.05, 0.1) is 0 Å². The van der Waals surface area contributed by atoms with Crippen LogP contribution >= 0.6 is 0 Å². The number of esters is 1. The summed E-state index contributed by atoms with van der Waals surface area (Å²) in [6.45, 7) is 7.43. The lowest BCUT2D eigenvalue weighted by molar-refractivity contribution is -0.157. The van der Waals surface area contributed by atoms with E-state index in [1.165, 1.54) is 6.92 Å². The van der Waals surface area contributed by atoms with Crippen molar-refractivity contribution in [3.63, 3.8) is 0 Å². The number of nitrogens with one attached hydrogen (secondary N) is 2. The standard InChI is InChI=1S/C24H28N2O6/c1-14(2)21(26-23(28)18-8-5-15(3)6-9-18)24(29)32-16(4)22(27)25-12-17-7-10-19-20(11-17)31-13-30-19/h5-11,14,16,21H,12-13H2,1-4H3,(H,25,27)(H,26,28)/t16?,21-/m0/s1. The van der Waals surface area contributed by atoms with E-state index in [9.17, 15) is 14.4 Å². The number of hydrogen-bond acceptors (Lipinski definition) is 6. The summed E-state index contributed by atoms with van der Waals surface area (Å²) >= 11 is 0. The second-order valence-corrected chi connectivity index (χ2v) is 8.05. The fourth-order valence-corrected chi connectivity index (χ4v) is 3.11. The van der Waals surface area contributed by atoms with Gasteiger partial charge in [0.15, 0.2) is 17.6 Å². The number of fused-ring (bicyclic) bond motifs is 1. The van der Waals surface area contributed by atoms with E-state index in [4.69, 9.17) is 14.2 Å². The van der Waals surface area contributed by atoms with Gasteiger partial charge in [0.2, 0.25) is 6.79 Å². The van der Waals surface area contributed by atoms with E-state index < -0.39 is 24.0 Å². The van der Waals surface area contributed by atoms with E-state index in [0.717, 1.165) is 11.1 Å². The van der Waals surface area contributed by atoms with Crippen molar-refractivity contribution in [2.24, 2.45) is 5.92 Å². The summed E-state index contributed by atoms with van der Waals surface area (Å²) < 4.78 is 15.9. The van der Waals surface area contributed by atoms with Crippen LogP contribution in [0.4, 0.5) is 0 Å². The molecule has 1 unspecified atom stereocenters. The molecule has 2 aromatic carbocycles. The van der Waals surface area contributed by atoms with Gasteiger partial charge >= 0.3 is 5.97 Å². The topological polar surface area (TPSA) is 103 Å². The summed E-state index contributed by atoms with van der Waals surface area (Å²) in [6, 6.07) is 11.5. The first kappa shape index (κ1) is 23.1. The van der Waals surface area contributed by atoms with Gasteiger partial charge in [-0.15, -0.1) is 0 Å². The second kappa shape index (κ2) is 10.2. The predicted octanol–water partition coefficient (Wildman–Crippen LogP) is 2.73. The molecule has 2 aromatic rings. The molecule has 170 valence electrons. The smallest absolute Gasteiger partial charge is 0.329 e. The van der Waals surface area contributed by atoms with Crippen LogP contribution in [0.3, 0.4) is 0 Å². The molecular formula is C24H28N2O6. The van der Waals surface area contributed by atoms with Gasteiger partial charge in [-0.2, -0.15) is 0 Å². The van der Waals surface area contributed by atoms with Crippen LogP contribution in [0.15, 0.2) is 42.5 Å². The number of carbonyl (C=O) groups excluding carboxylic acids is 3. The Balaban J connectivity index is 1.53. The summed E-state index contributed by atoms with van der Waals surface area (Å²) in [6.07, 6.45) is -1.02. The van der Waals surface area contributed by atoms with Crippen LogP contribution < -0.4 is 20.1 Å². The van der Waals surface area contributed by atoms with E-state index in [2.05, 4.69) is 10.6 Å². The second-order valence-electron chi connectivity index (χ2n) is 8.05. The number of hydrogen-bond donors (Lipinski definition) is 2. The summed E-state index contributed by atoms with van der Waals surface area (Å²) in [7, 11) is 0. The van der Waals surface area contributed by atoms with Gasteiger partial charge in [-0.05, 0) is 49.6 Å². The quantitative estimate of drug-likeness (QED) is 0.612. The molecule has 2 amide bonds. The minimum absolute atomic E-state index is 0.176. The molecule has 0 fully saturated rings. The third-order valence-corrected chi connectivity index (χ3v) is 5.09. The summed E-state index contributed by atoms with van der Waals surface area (Å²) in [5, 5.41) is 5.44. The molecule has 3 rings (SSSR count). The number of amides is 2. The highest BCUT2D eigenvalue weighted by molar-refractivity contribution is 5.97. The van der Waals surface area contributed by atoms with Crippen LogP contribution in [0.1, 0.15) is 42.3 Å². The Labute approximate surface area is 187 Å². The lowest BCUT2D eigenvalue weighted by Crippen LogP contribution is -2.47. The molecule has 0 aromatic heterocycles. The summed E-state index contributed by atoms with van der Waals surface area (Å²) in [4.78, 5) is 37.6. The molecular weight excluding hydrogens is 412 g/mol. The molecule has 0 saturated carbocycles. The number of aryl methyl sites for hydroxylation is 1. The van der Waals surface area contributed by atoms with E-state index in [-0.39, 0.29) is 25.2 Å². The number of rotatable bonds is 8. The Bertz CT molecular complexity index is 986. The summed E-state index contributed by atoms with van der Waals surface area (Å²) in [5.74, 6) is -0.411. The molecule has 0 spiro atoms. The van der Waals surface area contributed by atoms with Gasteiger partial charge in [-0.25, -0.2) is 4.79 Å². The van der Waals surface area contributed by atoms with Crippen LogP contribution in [-0.4, -0.2) is 36.7 Å². The van der Waals surface area contributed by atoms with Crippen molar-refractivity contribution in [3.05, 3.63) is 59.2 Å². The van der Waals surface area contributed by atoms with Gasteiger partial charge in [-0.1, -0.05) is 37.6 Å². The van der Waals surface area contributed by atoms with Crippen molar-refractivity contribution in [1.82, 2.24) is 10.6 Å². The van der Waals surface area contributed by atoms with Gasteiger partial charge in [0, 0.05) is 12.1 Å². The van der Waals surface area contributed by atoms with Crippen molar-refractivity contribution < 1.29 is 28.6 Å².